The number of amides is 1. The van der Waals surface area contributed by atoms with E-state index < -0.39 is 0 Å². The lowest BCUT2D eigenvalue weighted by Gasteiger charge is -2.09. The molecule has 7 heteroatoms. The summed E-state index contributed by atoms with van der Waals surface area (Å²) in [7, 11) is 0. The first-order valence-electron chi connectivity index (χ1n) is 9.88. The van der Waals surface area contributed by atoms with Crippen LogP contribution in [0.3, 0.4) is 0 Å². The molecule has 0 aliphatic carbocycles. The van der Waals surface area contributed by atoms with Crippen molar-refractivity contribution in [1.82, 2.24) is 14.8 Å². The second-order valence-corrected chi connectivity index (χ2v) is 8.30. The fraction of sp³-hybridized carbons (Fsp3) is 0.167. The summed E-state index contributed by atoms with van der Waals surface area (Å²) in [5, 5.41) is 9.54. The van der Waals surface area contributed by atoms with Crippen LogP contribution in [0.1, 0.15) is 16.7 Å². The number of rotatable bonds is 5. The maximum Gasteiger partial charge on any atom is 0.267 e. The third-order valence-electron chi connectivity index (χ3n) is 4.91. The van der Waals surface area contributed by atoms with Crippen LogP contribution >= 0.6 is 11.3 Å². The van der Waals surface area contributed by atoms with Gasteiger partial charge in [0.25, 0.3) is 5.56 Å². The number of nitrogens with zero attached hydrogens (tertiary/aromatic N) is 3. The Bertz CT molecular complexity index is 1290. The number of carbonyl (C=O) groups is 1. The Hall–Kier alpha value is -3.58. The summed E-state index contributed by atoms with van der Waals surface area (Å²) >= 11 is 1.36. The number of hydrogen-bond acceptors (Lipinski definition) is 5. The Morgan fingerprint density at radius 2 is 1.71 bits per heavy atom. The molecule has 0 fully saturated rings. The number of aryl methyl sites for hydroxylation is 3. The van der Waals surface area contributed by atoms with Crippen LogP contribution < -0.4 is 10.9 Å². The zero-order valence-corrected chi connectivity index (χ0v) is 18.4. The minimum atomic E-state index is -0.349. The molecule has 2 aromatic carbocycles. The summed E-state index contributed by atoms with van der Waals surface area (Å²) < 4.78 is 1.17. The summed E-state index contributed by atoms with van der Waals surface area (Å²) in [5.74, 6) is -0.349. The van der Waals surface area contributed by atoms with Gasteiger partial charge in [0, 0.05) is 22.6 Å². The van der Waals surface area contributed by atoms with Crippen LogP contribution in [0.4, 0.5) is 5.13 Å². The Morgan fingerprint density at radius 1 is 1.00 bits per heavy atom. The SMILES string of the molecule is Cc1cc(C)c(-c2csc(NC(=O)Cn3nc(-c4ccccc4)ccc3=O)n2)c(C)c1. The molecule has 0 bridgehead atoms. The van der Waals surface area contributed by atoms with E-state index in [0.717, 1.165) is 27.9 Å². The number of benzene rings is 2. The summed E-state index contributed by atoms with van der Waals surface area (Å²) in [6.45, 7) is 6.01. The predicted octanol–water partition coefficient (Wildman–Crippen LogP) is 4.60. The summed E-state index contributed by atoms with van der Waals surface area (Å²) in [5.41, 5.74) is 6.59. The molecule has 0 aliphatic rings. The van der Waals surface area contributed by atoms with Crippen molar-refractivity contribution < 1.29 is 4.79 Å². The minimum Gasteiger partial charge on any atom is -0.300 e. The van der Waals surface area contributed by atoms with Gasteiger partial charge in [0.15, 0.2) is 5.13 Å². The number of hydrogen-bond donors (Lipinski definition) is 1. The molecule has 0 radical (unpaired) electrons. The fourth-order valence-electron chi connectivity index (χ4n) is 3.65. The molecule has 2 aromatic heterocycles. The smallest absolute Gasteiger partial charge is 0.267 e. The van der Waals surface area contributed by atoms with Crippen LogP contribution in [0.25, 0.3) is 22.5 Å². The molecule has 4 aromatic rings. The largest absolute Gasteiger partial charge is 0.300 e. The van der Waals surface area contributed by atoms with Gasteiger partial charge in [0.1, 0.15) is 6.54 Å². The van der Waals surface area contributed by atoms with Gasteiger partial charge in [0.2, 0.25) is 5.91 Å². The van der Waals surface area contributed by atoms with Crippen molar-refractivity contribution in [2.75, 3.05) is 5.32 Å². The molecular formula is C24H22N4O2S. The fourth-order valence-corrected chi connectivity index (χ4v) is 4.37. The van der Waals surface area contributed by atoms with Gasteiger partial charge >= 0.3 is 0 Å². The summed E-state index contributed by atoms with van der Waals surface area (Å²) in [4.78, 5) is 29.3. The number of carbonyl (C=O) groups excluding carboxylic acids is 1. The van der Waals surface area contributed by atoms with Crippen molar-refractivity contribution in [3.05, 3.63) is 87.0 Å². The van der Waals surface area contributed by atoms with Gasteiger partial charge in [-0.1, -0.05) is 48.0 Å². The topological polar surface area (TPSA) is 76.9 Å². The first kappa shape index (κ1) is 20.7. The highest BCUT2D eigenvalue weighted by Crippen LogP contribution is 2.31. The average Bonchev–Trinajstić information content (AvgIpc) is 3.17. The maximum absolute atomic E-state index is 12.6. The molecule has 2 heterocycles. The Kier molecular flexibility index (Phi) is 5.77. The molecule has 1 amide bonds. The van der Waals surface area contributed by atoms with E-state index in [0.29, 0.717) is 10.8 Å². The molecule has 1 N–H and O–H groups in total. The van der Waals surface area contributed by atoms with Crippen LogP contribution in [0.5, 0.6) is 0 Å². The van der Waals surface area contributed by atoms with Crippen LogP contribution in [-0.2, 0) is 11.3 Å². The third-order valence-corrected chi connectivity index (χ3v) is 5.67. The Labute approximate surface area is 184 Å². The molecule has 4 rings (SSSR count). The zero-order valence-electron chi connectivity index (χ0n) is 17.5. The summed E-state index contributed by atoms with van der Waals surface area (Å²) in [6.07, 6.45) is 0. The van der Waals surface area contributed by atoms with Gasteiger partial charge in [-0.15, -0.1) is 11.3 Å². The lowest BCUT2D eigenvalue weighted by molar-refractivity contribution is -0.117. The second kappa shape index (κ2) is 8.65. The van der Waals surface area contributed by atoms with E-state index in [2.05, 4.69) is 48.3 Å². The van der Waals surface area contributed by atoms with Crippen LogP contribution in [-0.4, -0.2) is 20.7 Å². The van der Waals surface area contributed by atoms with E-state index in [1.54, 1.807) is 6.07 Å². The van der Waals surface area contributed by atoms with Crippen molar-refractivity contribution >= 4 is 22.4 Å². The number of aromatic nitrogens is 3. The molecular weight excluding hydrogens is 408 g/mol. The second-order valence-electron chi connectivity index (χ2n) is 7.44. The van der Waals surface area contributed by atoms with E-state index in [-0.39, 0.29) is 18.0 Å². The Morgan fingerprint density at radius 3 is 2.42 bits per heavy atom. The zero-order chi connectivity index (χ0) is 22.0. The minimum absolute atomic E-state index is 0.184. The standard InChI is InChI=1S/C24H22N4O2S/c1-15-11-16(2)23(17(3)12-15)20-14-31-24(25-20)26-21(29)13-28-22(30)10-9-19(27-28)18-7-5-4-6-8-18/h4-12,14H,13H2,1-3H3,(H,25,26,29). The van der Waals surface area contributed by atoms with Gasteiger partial charge in [-0.3, -0.25) is 9.59 Å². The van der Waals surface area contributed by atoms with Crippen LogP contribution in [0.2, 0.25) is 0 Å². The predicted molar refractivity (Wildman–Crippen MR) is 124 cm³/mol. The highest BCUT2D eigenvalue weighted by molar-refractivity contribution is 7.14. The Balaban J connectivity index is 1.51. The molecule has 31 heavy (non-hydrogen) atoms. The lowest BCUT2D eigenvalue weighted by atomic mass is 9.98. The van der Waals surface area contributed by atoms with Gasteiger partial charge < -0.3 is 5.32 Å². The van der Waals surface area contributed by atoms with Gasteiger partial charge in [-0.05, 0) is 38.0 Å². The maximum atomic E-state index is 12.6. The monoisotopic (exact) mass is 430 g/mol. The van der Waals surface area contributed by atoms with Crippen molar-refractivity contribution in [2.45, 2.75) is 27.3 Å². The molecule has 0 spiro atoms. The third kappa shape index (κ3) is 4.62. The van der Waals surface area contributed by atoms with E-state index in [9.17, 15) is 9.59 Å². The van der Waals surface area contributed by atoms with Crippen molar-refractivity contribution in [3.63, 3.8) is 0 Å². The lowest BCUT2D eigenvalue weighted by Crippen LogP contribution is -2.29. The summed E-state index contributed by atoms with van der Waals surface area (Å²) in [6, 6.07) is 16.9. The normalized spacial score (nSPS) is 10.8. The molecule has 0 aliphatic heterocycles. The highest BCUT2D eigenvalue weighted by atomic mass is 32.1. The molecule has 0 saturated heterocycles. The van der Waals surface area contributed by atoms with Crippen molar-refractivity contribution in [3.8, 4) is 22.5 Å². The van der Waals surface area contributed by atoms with E-state index in [4.69, 9.17) is 0 Å². The van der Waals surface area contributed by atoms with Crippen LogP contribution in [0.15, 0.2) is 64.8 Å². The molecule has 0 unspecified atom stereocenters. The number of anilines is 1. The first-order valence-corrected chi connectivity index (χ1v) is 10.8. The van der Waals surface area contributed by atoms with E-state index in [1.165, 1.54) is 27.6 Å². The number of nitrogens with one attached hydrogen (secondary N) is 1. The number of thiazole rings is 1. The average molecular weight is 431 g/mol. The molecule has 156 valence electrons. The van der Waals surface area contributed by atoms with Gasteiger partial charge in [0.05, 0.1) is 11.4 Å². The molecule has 0 saturated carbocycles. The molecule has 0 atom stereocenters. The van der Waals surface area contributed by atoms with Gasteiger partial charge in [-0.25, -0.2) is 9.67 Å². The van der Waals surface area contributed by atoms with E-state index >= 15 is 0 Å². The first-order chi connectivity index (χ1) is 14.9. The quantitative estimate of drug-likeness (QED) is 0.502. The van der Waals surface area contributed by atoms with Crippen LogP contribution in [0, 0.1) is 20.8 Å². The van der Waals surface area contributed by atoms with Crippen molar-refractivity contribution in [1.29, 1.82) is 0 Å². The molecule has 6 nitrogen and oxygen atoms in total. The van der Waals surface area contributed by atoms with Crippen molar-refractivity contribution in [2.24, 2.45) is 0 Å². The van der Waals surface area contributed by atoms with Gasteiger partial charge in [-0.2, -0.15) is 5.10 Å². The highest BCUT2D eigenvalue weighted by Gasteiger charge is 2.13. The van der Waals surface area contributed by atoms with E-state index in [1.807, 2.05) is 35.7 Å².